The van der Waals surface area contributed by atoms with Gasteiger partial charge in [-0.25, -0.2) is 4.79 Å². The summed E-state index contributed by atoms with van der Waals surface area (Å²) in [6.45, 7) is 0.524. The first kappa shape index (κ1) is 15.0. The van der Waals surface area contributed by atoms with Crippen LogP contribution in [0.1, 0.15) is 42.2 Å². The van der Waals surface area contributed by atoms with Crippen molar-refractivity contribution in [3.05, 3.63) is 52.5 Å². The van der Waals surface area contributed by atoms with E-state index >= 15 is 0 Å². The largest absolute Gasteiger partial charge is 0.334 e. The van der Waals surface area contributed by atoms with Crippen LogP contribution in [-0.4, -0.2) is 11.0 Å². The van der Waals surface area contributed by atoms with Crippen LogP contribution in [0.3, 0.4) is 0 Å². The van der Waals surface area contributed by atoms with Crippen molar-refractivity contribution in [3.8, 4) is 0 Å². The molecule has 0 spiro atoms. The van der Waals surface area contributed by atoms with Gasteiger partial charge in [-0.05, 0) is 47.9 Å². The molecule has 22 heavy (non-hydrogen) atoms. The number of nitrogens with one attached hydrogen (secondary N) is 2. The molecule has 2 aromatic rings. The van der Waals surface area contributed by atoms with E-state index in [0.717, 1.165) is 5.56 Å². The van der Waals surface area contributed by atoms with E-state index in [9.17, 15) is 4.79 Å². The Bertz CT molecular complexity index is 579. The number of nitrogens with zero attached hydrogens (tertiary/aromatic N) is 1. The Labute approximate surface area is 135 Å². The Hall–Kier alpha value is -1.88. The maximum Gasteiger partial charge on any atom is 0.315 e. The van der Waals surface area contributed by atoms with Gasteiger partial charge in [0.05, 0.1) is 6.04 Å². The first-order chi connectivity index (χ1) is 10.8. The number of carbonyl (C=O) groups excluding carboxylic acids is 1. The summed E-state index contributed by atoms with van der Waals surface area (Å²) in [6, 6.07) is 8.04. The molecule has 1 fully saturated rings. The smallest absolute Gasteiger partial charge is 0.315 e. The molecule has 2 aromatic heterocycles. The van der Waals surface area contributed by atoms with E-state index < -0.39 is 0 Å². The fourth-order valence-electron chi connectivity index (χ4n) is 3.06. The van der Waals surface area contributed by atoms with Crippen LogP contribution in [0.2, 0.25) is 0 Å². The van der Waals surface area contributed by atoms with Gasteiger partial charge in [-0.1, -0.05) is 18.9 Å². The SMILES string of the molecule is O=C(NCc1ccncc1)NC(c1cccs1)C1CCCC1. The standard InChI is InChI=1S/C17H21N3OS/c21-17(19-12-13-7-9-18-10-8-13)20-16(14-4-1-2-5-14)15-6-3-11-22-15/h3,6-11,14,16H,1-2,4-5,12H2,(H2,19,20,21). The summed E-state index contributed by atoms with van der Waals surface area (Å²) in [6.07, 6.45) is 8.42. The zero-order chi connectivity index (χ0) is 15.2. The van der Waals surface area contributed by atoms with Crippen molar-refractivity contribution in [2.24, 2.45) is 5.92 Å². The Morgan fingerprint density at radius 1 is 1.27 bits per heavy atom. The lowest BCUT2D eigenvalue weighted by Gasteiger charge is -2.24. The average Bonchev–Trinajstić information content (AvgIpc) is 3.25. The van der Waals surface area contributed by atoms with E-state index in [1.807, 2.05) is 12.1 Å². The predicted octanol–water partition coefficient (Wildman–Crippen LogP) is 3.87. The molecule has 0 radical (unpaired) electrons. The van der Waals surface area contributed by atoms with Gasteiger partial charge in [-0.15, -0.1) is 11.3 Å². The van der Waals surface area contributed by atoms with Crippen molar-refractivity contribution in [1.29, 1.82) is 0 Å². The Morgan fingerprint density at radius 3 is 2.73 bits per heavy atom. The number of amides is 2. The lowest BCUT2D eigenvalue weighted by molar-refractivity contribution is 0.231. The van der Waals surface area contributed by atoms with E-state index in [1.54, 1.807) is 23.7 Å². The Kier molecular flexibility index (Phi) is 5.06. The lowest BCUT2D eigenvalue weighted by Crippen LogP contribution is -2.39. The Balaban J connectivity index is 1.59. The minimum atomic E-state index is -0.0953. The molecule has 1 saturated carbocycles. The molecule has 1 aliphatic carbocycles. The van der Waals surface area contributed by atoms with Gasteiger partial charge in [0.15, 0.2) is 0 Å². The van der Waals surface area contributed by atoms with Gasteiger partial charge < -0.3 is 10.6 Å². The highest BCUT2D eigenvalue weighted by Crippen LogP contribution is 2.37. The van der Waals surface area contributed by atoms with E-state index in [2.05, 4.69) is 33.1 Å². The molecule has 0 aliphatic heterocycles. The van der Waals surface area contributed by atoms with Crippen molar-refractivity contribution in [2.75, 3.05) is 0 Å². The van der Waals surface area contributed by atoms with Crippen molar-refractivity contribution >= 4 is 17.4 Å². The van der Waals surface area contributed by atoms with E-state index in [1.165, 1.54) is 30.6 Å². The molecular formula is C17H21N3OS. The first-order valence-electron chi connectivity index (χ1n) is 7.79. The van der Waals surface area contributed by atoms with Crippen molar-refractivity contribution in [2.45, 2.75) is 38.3 Å². The highest BCUT2D eigenvalue weighted by molar-refractivity contribution is 7.10. The maximum atomic E-state index is 12.2. The summed E-state index contributed by atoms with van der Waals surface area (Å²) < 4.78 is 0. The third-order valence-electron chi connectivity index (χ3n) is 4.21. The van der Waals surface area contributed by atoms with Crippen LogP contribution in [0.4, 0.5) is 4.79 Å². The molecule has 2 N–H and O–H groups in total. The number of rotatable bonds is 5. The minimum absolute atomic E-state index is 0.0953. The number of urea groups is 1. The van der Waals surface area contributed by atoms with Crippen LogP contribution < -0.4 is 10.6 Å². The number of pyridine rings is 1. The molecule has 1 atom stereocenters. The fourth-order valence-corrected chi connectivity index (χ4v) is 3.92. The summed E-state index contributed by atoms with van der Waals surface area (Å²) >= 11 is 1.72. The predicted molar refractivity (Wildman–Crippen MR) is 88.6 cm³/mol. The fraction of sp³-hybridized carbons (Fsp3) is 0.412. The molecule has 0 bridgehead atoms. The van der Waals surface area contributed by atoms with Crippen molar-refractivity contribution in [3.63, 3.8) is 0 Å². The second-order valence-corrected chi connectivity index (χ2v) is 6.70. The van der Waals surface area contributed by atoms with E-state index in [4.69, 9.17) is 0 Å². The van der Waals surface area contributed by atoms with Crippen LogP contribution in [0.25, 0.3) is 0 Å². The van der Waals surface area contributed by atoms with Crippen LogP contribution in [0.5, 0.6) is 0 Å². The van der Waals surface area contributed by atoms with E-state index in [0.29, 0.717) is 12.5 Å². The number of hydrogen-bond acceptors (Lipinski definition) is 3. The topological polar surface area (TPSA) is 54.0 Å². The van der Waals surface area contributed by atoms with Gasteiger partial charge in [-0.3, -0.25) is 4.98 Å². The van der Waals surface area contributed by atoms with Crippen LogP contribution >= 0.6 is 11.3 Å². The van der Waals surface area contributed by atoms with Gasteiger partial charge in [0.1, 0.15) is 0 Å². The molecule has 2 heterocycles. The molecule has 0 aromatic carbocycles. The maximum absolute atomic E-state index is 12.2. The van der Waals surface area contributed by atoms with Crippen molar-refractivity contribution in [1.82, 2.24) is 15.6 Å². The van der Waals surface area contributed by atoms with Crippen molar-refractivity contribution < 1.29 is 4.79 Å². The first-order valence-corrected chi connectivity index (χ1v) is 8.67. The highest BCUT2D eigenvalue weighted by Gasteiger charge is 2.28. The number of carbonyl (C=O) groups is 1. The summed E-state index contributed by atoms with van der Waals surface area (Å²) in [5.41, 5.74) is 1.05. The molecule has 2 amide bonds. The second kappa shape index (κ2) is 7.40. The van der Waals surface area contributed by atoms with E-state index in [-0.39, 0.29) is 12.1 Å². The number of aromatic nitrogens is 1. The van der Waals surface area contributed by atoms with Gasteiger partial charge in [-0.2, -0.15) is 0 Å². The third kappa shape index (κ3) is 3.85. The minimum Gasteiger partial charge on any atom is -0.334 e. The monoisotopic (exact) mass is 315 g/mol. The molecule has 3 rings (SSSR count). The molecule has 5 heteroatoms. The van der Waals surface area contributed by atoms with Gasteiger partial charge in [0.2, 0.25) is 0 Å². The molecule has 1 unspecified atom stereocenters. The van der Waals surface area contributed by atoms with Gasteiger partial charge in [0, 0.05) is 23.8 Å². The van der Waals surface area contributed by atoms with Crippen LogP contribution in [0.15, 0.2) is 42.0 Å². The molecular weight excluding hydrogens is 294 g/mol. The molecule has 0 saturated heterocycles. The summed E-state index contributed by atoms with van der Waals surface area (Å²) in [5, 5.41) is 8.20. The lowest BCUT2D eigenvalue weighted by atomic mass is 9.97. The number of hydrogen-bond donors (Lipinski definition) is 2. The average molecular weight is 315 g/mol. The molecule has 4 nitrogen and oxygen atoms in total. The normalized spacial score (nSPS) is 16.4. The number of thiophene rings is 1. The summed E-state index contributed by atoms with van der Waals surface area (Å²) in [7, 11) is 0. The summed E-state index contributed by atoms with van der Waals surface area (Å²) in [5.74, 6) is 0.560. The summed E-state index contributed by atoms with van der Waals surface area (Å²) in [4.78, 5) is 17.5. The third-order valence-corrected chi connectivity index (χ3v) is 5.17. The van der Waals surface area contributed by atoms with Gasteiger partial charge in [0.25, 0.3) is 0 Å². The van der Waals surface area contributed by atoms with Gasteiger partial charge >= 0.3 is 6.03 Å². The molecule has 1 aliphatic rings. The Morgan fingerprint density at radius 2 is 2.05 bits per heavy atom. The zero-order valence-electron chi connectivity index (χ0n) is 12.5. The highest BCUT2D eigenvalue weighted by atomic mass is 32.1. The second-order valence-electron chi connectivity index (χ2n) is 5.72. The zero-order valence-corrected chi connectivity index (χ0v) is 13.3. The van der Waals surface area contributed by atoms with Crippen LogP contribution in [-0.2, 0) is 6.54 Å². The molecule has 116 valence electrons. The van der Waals surface area contributed by atoms with Crippen LogP contribution in [0, 0.1) is 5.92 Å². The quantitative estimate of drug-likeness (QED) is 0.880.